The van der Waals surface area contributed by atoms with Crippen molar-refractivity contribution in [3.63, 3.8) is 0 Å². The van der Waals surface area contributed by atoms with E-state index in [0.717, 1.165) is 55.0 Å². The van der Waals surface area contributed by atoms with Crippen molar-refractivity contribution in [2.75, 3.05) is 7.11 Å². The Kier molecular flexibility index (Phi) is 5.90. The Morgan fingerprint density at radius 2 is 1.22 bits per heavy atom. The van der Waals surface area contributed by atoms with Crippen molar-refractivity contribution in [1.29, 1.82) is 0 Å². The zero-order chi connectivity index (χ0) is 24.3. The van der Waals surface area contributed by atoms with E-state index in [1.165, 1.54) is 0 Å². The minimum atomic E-state index is 0.815. The van der Waals surface area contributed by atoms with Crippen molar-refractivity contribution in [1.82, 2.24) is 14.8 Å². The van der Waals surface area contributed by atoms with Crippen LogP contribution in [0.5, 0.6) is 5.75 Å². The van der Waals surface area contributed by atoms with Gasteiger partial charge in [-0.2, -0.15) is 5.10 Å². The van der Waals surface area contributed by atoms with Gasteiger partial charge in [-0.15, -0.1) is 11.3 Å². The minimum Gasteiger partial charge on any atom is -0.497 e. The average Bonchev–Trinajstić information content (AvgIpc) is 3.60. The van der Waals surface area contributed by atoms with E-state index in [1.807, 2.05) is 59.3 Å². The van der Waals surface area contributed by atoms with Gasteiger partial charge < -0.3 is 4.74 Å². The maximum atomic E-state index is 5.38. The van der Waals surface area contributed by atoms with Crippen LogP contribution in [-0.4, -0.2) is 21.9 Å². The predicted octanol–water partition coefficient (Wildman–Crippen LogP) is 8.01. The highest BCUT2D eigenvalue weighted by Crippen LogP contribution is 2.43. The number of hydrogen-bond donors (Lipinski definition) is 0. The van der Waals surface area contributed by atoms with Gasteiger partial charge in [0.25, 0.3) is 0 Å². The molecule has 2 aromatic heterocycles. The number of benzene rings is 4. The summed E-state index contributed by atoms with van der Waals surface area (Å²) in [7, 11) is 1.68. The smallest absolute Gasteiger partial charge is 0.128 e. The van der Waals surface area contributed by atoms with Crippen LogP contribution in [0.2, 0.25) is 0 Å². The van der Waals surface area contributed by atoms with Crippen LogP contribution >= 0.6 is 11.3 Å². The van der Waals surface area contributed by atoms with E-state index in [2.05, 4.69) is 66.9 Å². The quantitative estimate of drug-likeness (QED) is 0.240. The molecular formula is C31H23N3OS. The van der Waals surface area contributed by atoms with E-state index >= 15 is 0 Å². The normalized spacial score (nSPS) is 10.9. The Morgan fingerprint density at radius 3 is 1.86 bits per heavy atom. The van der Waals surface area contributed by atoms with Gasteiger partial charge in [0.2, 0.25) is 0 Å². The van der Waals surface area contributed by atoms with Crippen LogP contribution in [0.1, 0.15) is 0 Å². The molecule has 0 aliphatic rings. The number of aromatic nitrogens is 3. The van der Waals surface area contributed by atoms with Gasteiger partial charge in [-0.3, -0.25) is 0 Å². The molecule has 0 N–H and O–H groups in total. The number of thiazole rings is 1. The molecule has 36 heavy (non-hydrogen) atoms. The van der Waals surface area contributed by atoms with Crippen LogP contribution in [0.15, 0.2) is 121 Å². The van der Waals surface area contributed by atoms with E-state index in [9.17, 15) is 0 Å². The molecule has 2 heterocycles. The second-order valence-corrected chi connectivity index (χ2v) is 9.33. The van der Waals surface area contributed by atoms with Crippen molar-refractivity contribution in [3.05, 3.63) is 121 Å². The van der Waals surface area contributed by atoms with E-state index in [1.54, 1.807) is 18.4 Å². The number of nitrogens with zero attached hydrogens (tertiary/aromatic N) is 3. The summed E-state index contributed by atoms with van der Waals surface area (Å²) in [6.45, 7) is 0. The molecule has 0 saturated carbocycles. The van der Waals surface area contributed by atoms with Gasteiger partial charge in [-0.05, 0) is 42.0 Å². The molecule has 0 aliphatic carbocycles. The molecule has 0 aliphatic heterocycles. The standard InChI is InChI=1S/C31H23N3OS/c1-35-26-19-17-23(18-20-26)28-27(21-34(33-28)25-15-9-4-10-16-25)31-32-29(22-11-5-2-6-12-22)30(36-31)24-13-7-3-8-14-24/h2-21H,1H3. The zero-order valence-corrected chi connectivity index (χ0v) is 20.5. The summed E-state index contributed by atoms with van der Waals surface area (Å²) >= 11 is 1.70. The molecule has 0 fully saturated rings. The highest BCUT2D eigenvalue weighted by molar-refractivity contribution is 7.19. The first-order valence-corrected chi connectivity index (χ1v) is 12.5. The van der Waals surface area contributed by atoms with Crippen LogP contribution in [-0.2, 0) is 0 Å². The van der Waals surface area contributed by atoms with Gasteiger partial charge in [-0.25, -0.2) is 9.67 Å². The highest BCUT2D eigenvalue weighted by Gasteiger charge is 2.21. The van der Waals surface area contributed by atoms with Crippen molar-refractivity contribution in [2.24, 2.45) is 0 Å². The van der Waals surface area contributed by atoms with Crippen molar-refractivity contribution < 1.29 is 4.74 Å². The summed E-state index contributed by atoms with van der Waals surface area (Å²) in [5.74, 6) is 0.815. The van der Waals surface area contributed by atoms with Gasteiger partial charge in [-0.1, -0.05) is 78.9 Å². The molecule has 4 aromatic carbocycles. The summed E-state index contributed by atoms with van der Waals surface area (Å²) in [5.41, 5.74) is 7.12. The number of methoxy groups -OCH3 is 1. The van der Waals surface area contributed by atoms with Crippen molar-refractivity contribution in [3.8, 4) is 55.0 Å². The first kappa shape index (κ1) is 22.0. The predicted molar refractivity (Wildman–Crippen MR) is 148 cm³/mol. The molecule has 0 saturated heterocycles. The molecule has 6 aromatic rings. The SMILES string of the molecule is COc1ccc(-c2nn(-c3ccccc3)cc2-c2nc(-c3ccccc3)c(-c3ccccc3)s2)cc1. The third-order valence-electron chi connectivity index (χ3n) is 6.04. The summed E-state index contributed by atoms with van der Waals surface area (Å²) in [6, 6.07) is 39.0. The monoisotopic (exact) mass is 485 g/mol. The van der Waals surface area contributed by atoms with Crippen LogP contribution in [0.25, 0.3) is 49.2 Å². The number of rotatable bonds is 6. The van der Waals surface area contributed by atoms with E-state index in [-0.39, 0.29) is 0 Å². The first-order valence-electron chi connectivity index (χ1n) is 11.7. The summed E-state index contributed by atoms with van der Waals surface area (Å²) < 4.78 is 7.31. The van der Waals surface area contributed by atoms with Crippen LogP contribution in [0, 0.1) is 0 Å². The lowest BCUT2D eigenvalue weighted by molar-refractivity contribution is 0.415. The Hall–Kier alpha value is -4.48. The molecule has 0 amide bonds. The highest BCUT2D eigenvalue weighted by atomic mass is 32.1. The first-order chi connectivity index (χ1) is 17.8. The number of para-hydroxylation sites is 1. The lowest BCUT2D eigenvalue weighted by atomic mass is 10.1. The molecule has 6 rings (SSSR count). The van der Waals surface area contributed by atoms with Crippen molar-refractivity contribution >= 4 is 11.3 Å². The molecule has 0 spiro atoms. The molecular weight excluding hydrogens is 462 g/mol. The largest absolute Gasteiger partial charge is 0.497 e. The van der Waals surface area contributed by atoms with Crippen molar-refractivity contribution in [2.45, 2.75) is 0 Å². The fourth-order valence-electron chi connectivity index (χ4n) is 4.22. The summed E-state index contributed by atoms with van der Waals surface area (Å²) in [6.07, 6.45) is 2.08. The zero-order valence-electron chi connectivity index (χ0n) is 19.7. The molecule has 0 bridgehead atoms. The van der Waals surface area contributed by atoms with Gasteiger partial charge in [0, 0.05) is 17.3 Å². The Labute approximate surface area is 214 Å². The van der Waals surface area contributed by atoms with Gasteiger partial charge >= 0.3 is 0 Å². The maximum absolute atomic E-state index is 5.38. The second-order valence-electron chi connectivity index (χ2n) is 8.33. The lowest BCUT2D eigenvalue weighted by Gasteiger charge is -2.03. The lowest BCUT2D eigenvalue weighted by Crippen LogP contribution is -1.94. The van der Waals surface area contributed by atoms with Crippen LogP contribution in [0.4, 0.5) is 0 Å². The summed E-state index contributed by atoms with van der Waals surface area (Å²) in [4.78, 5) is 6.34. The van der Waals surface area contributed by atoms with E-state index < -0.39 is 0 Å². The fourth-order valence-corrected chi connectivity index (χ4v) is 5.32. The molecule has 4 nitrogen and oxygen atoms in total. The molecule has 0 unspecified atom stereocenters. The maximum Gasteiger partial charge on any atom is 0.128 e. The average molecular weight is 486 g/mol. The number of hydrogen-bond acceptors (Lipinski definition) is 4. The third-order valence-corrected chi connectivity index (χ3v) is 7.18. The van der Waals surface area contributed by atoms with Gasteiger partial charge in [0.15, 0.2) is 0 Å². The Bertz CT molecular complexity index is 1530. The Morgan fingerprint density at radius 1 is 0.639 bits per heavy atom. The van der Waals surface area contributed by atoms with Crippen LogP contribution < -0.4 is 4.74 Å². The molecule has 0 atom stereocenters. The second kappa shape index (κ2) is 9.64. The summed E-state index contributed by atoms with van der Waals surface area (Å²) in [5, 5.41) is 5.94. The molecule has 174 valence electrons. The Balaban J connectivity index is 1.56. The molecule has 0 radical (unpaired) electrons. The molecule has 5 heteroatoms. The van der Waals surface area contributed by atoms with Crippen LogP contribution in [0.3, 0.4) is 0 Å². The topological polar surface area (TPSA) is 39.9 Å². The van der Waals surface area contributed by atoms with Gasteiger partial charge in [0.1, 0.15) is 16.5 Å². The number of ether oxygens (including phenoxy) is 1. The third kappa shape index (κ3) is 4.21. The van der Waals surface area contributed by atoms with E-state index in [0.29, 0.717) is 0 Å². The van der Waals surface area contributed by atoms with E-state index in [4.69, 9.17) is 14.8 Å². The minimum absolute atomic E-state index is 0.815. The fraction of sp³-hybridized carbons (Fsp3) is 0.0323. The van der Waals surface area contributed by atoms with Gasteiger partial charge in [0.05, 0.1) is 28.9 Å².